The fourth-order valence-electron chi connectivity index (χ4n) is 6.98. The van der Waals surface area contributed by atoms with Crippen LogP contribution in [0.2, 0.25) is 0 Å². The van der Waals surface area contributed by atoms with Crippen molar-refractivity contribution >= 4 is 35.6 Å². The Morgan fingerprint density at radius 1 is 1.06 bits per heavy atom. The molecule has 0 bridgehead atoms. The van der Waals surface area contributed by atoms with E-state index in [0.717, 1.165) is 51.6 Å². The van der Waals surface area contributed by atoms with E-state index in [4.69, 9.17) is 0 Å². The fraction of sp³-hybridized carbons (Fsp3) is 0.629. The first-order valence-corrected chi connectivity index (χ1v) is 17.2. The normalized spacial score (nSPS) is 22.2. The predicted molar refractivity (Wildman–Crippen MR) is 178 cm³/mol. The maximum Gasteiger partial charge on any atom is 0.247 e. The summed E-state index contributed by atoms with van der Waals surface area (Å²) in [6.45, 7) is 9.07. The lowest BCUT2D eigenvalue weighted by atomic mass is 9.78. The molecule has 0 unspecified atom stereocenters. The molecule has 1 saturated heterocycles. The van der Waals surface area contributed by atoms with Gasteiger partial charge in [-0.05, 0) is 75.1 Å². The maximum absolute atomic E-state index is 15.8. The summed E-state index contributed by atoms with van der Waals surface area (Å²) in [5.41, 5.74) is 0.536. The topological polar surface area (TPSA) is 120 Å². The largest absolute Gasteiger partial charge is 0.344 e. The van der Waals surface area contributed by atoms with Crippen LogP contribution in [0, 0.1) is 23.6 Å². The molecule has 2 saturated carbocycles. The Kier molecular flexibility index (Phi) is 11.3. The van der Waals surface area contributed by atoms with Crippen LogP contribution in [0.15, 0.2) is 30.5 Å². The number of carbonyl (C=O) groups excluding carboxylic acids is 4. The van der Waals surface area contributed by atoms with Gasteiger partial charge in [0.25, 0.3) is 0 Å². The van der Waals surface area contributed by atoms with Crippen molar-refractivity contribution in [3.8, 4) is 0 Å². The van der Waals surface area contributed by atoms with Crippen LogP contribution in [0.4, 0.5) is 15.9 Å². The smallest absolute Gasteiger partial charge is 0.247 e. The van der Waals surface area contributed by atoms with Crippen LogP contribution < -0.4 is 15.5 Å². The van der Waals surface area contributed by atoms with Gasteiger partial charge in [-0.2, -0.15) is 5.10 Å². The molecular formula is C35H50FN7O4. The third-order valence-corrected chi connectivity index (χ3v) is 10.3. The van der Waals surface area contributed by atoms with E-state index < -0.39 is 29.7 Å². The highest BCUT2D eigenvalue weighted by Crippen LogP contribution is 2.35. The summed E-state index contributed by atoms with van der Waals surface area (Å²) in [5, 5.41) is 10.0. The van der Waals surface area contributed by atoms with Gasteiger partial charge in [-0.15, -0.1) is 0 Å². The summed E-state index contributed by atoms with van der Waals surface area (Å²) >= 11 is 0. The van der Waals surface area contributed by atoms with E-state index in [1.54, 1.807) is 27.9 Å². The van der Waals surface area contributed by atoms with Crippen LogP contribution >= 0.6 is 0 Å². The minimum absolute atomic E-state index is 0.00492. The number of nitrogens with one attached hydrogen (secondary N) is 2. The van der Waals surface area contributed by atoms with Crippen molar-refractivity contribution in [3.63, 3.8) is 0 Å². The van der Waals surface area contributed by atoms with Gasteiger partial charge < -0.3 is 20.4 Å². The number of amides is 4. The van der Waals surface area contributed by atoms with Crippen LogP contribution in [-0.4, -0.2) is 89.0 Å². The number of rotatable bonds is 13. The summed E-state index contributed by atoms with van der Waals surface area (Å²) in [7, 11) is 2.01. The Morgan fingerprint density at radius 3 is 2.38 bits per heavy atom. The molecule has 3 fully saturated rings. The third-order valence-electron chi connectivity index (χ3n) is 10.3. The Hall–Kier alpha value is -3.80. The number of aryl methyl sites for hydroxylation is 1. The summed E-state index contributed by atoms with van der Waals surface area (Å²) in [5.74, 6) is -0.630. The lowest BCUT2D eigenvalue weighted by Gasteiger charge is -2.37. The van der Waals surface area contributed by atoms with Gasteiger partial charge in [0.1, 0.15) is 23.7 Å². The number of halogens is 1. The maximum atomic E-state index is 15.8. The lowest BCUT2D eigenvalue weighted by Crippen LogP contribution is -2.55. The molecule has 3 atom stereocenters. The van der Waals surface area contributed by atoms with Gasteiger partial charge in [0.2, 0.25) is 24.1 Å². The second-order valence-electron chi connectivity index (χ2n) is 13.8. The van der Waals surface area contributed by atoms with Crippen molar-refractivity contribution in [2.75, 3.05) is 43.4 Å². The molecule has 4 amide bonds. The molecule has 1 aliphatic heterocycles. The van der Waals surface area contributed by atoms with Gasteiger partial charge >= 0.3 is 0 Å². The number of hydrogen-bond donors (Lipinski definition) is 2. The molecule has 2 N–H and O–H groups in total. The monoisotopic (exact) mass is 651 g/mol. The second kappa shape index (κ2) is 15.4. The Morgan fingerprint density at radius 2 is 1.77 bits per heavy atom. The highest BCUT2D eigenvalue weighted by Gasteiger charge is 2.38. The minimum Gasteiger partial charge on any atom is -0.344 e. The van der Waals surface area contributed by atoms with E-state index in [1.807, 2.05) is 20.9 Å². The van der Waals surface area contributed by atoms with E-state index in [9.17, 15) is 19.2 Å². The molecule has 2 aromatic rings. The Labute approximate surface area is 277 Å². The fourth-order valence-corrected chi connectivity index (χ4v) is 6.98. The van der Waals surface area contributed by atoms with Gasteiger partial charge in [0.05, 0.1) is 11.9 Å². The van der Waals surface area contributed by atoms with Crippen LogP contribution in [0.25, 0.3) is 0 Å². The average Bonchev–Trinajstić information content (AvgIpc) is 3.75. The number of nitrogens with zero attached hydrogens (tertiary/aromatic N) is 5. The molecule has 2 heterocycles. The van der Waals surface area contributed by atoms with Crippen LogP contribution in [0.5, 0.6) is 0 Å². The van der Waals surface area contributed by atoms with E-state index in [2.05, 4.69) is 27.6 Å². The van der Waals surface area contributed by atoms with Crippen molar-refractivity contribution in [3.05, 3.63) is 41.8 Å². The quantitative estimate of drug-likeness (QED) is 0.316. The molecule has 0 radical (unpaired) electrons. The van der Waals surface area contributed by atoms with Gasteiger partial charge in [0.15, 0.2) is 0 Å². The molecule has 3 aliphatic rings. The van der Waals surface area contributed by atoms with Crippen molar-refractivity contribution in [1.29, 1.82) is 0 Å². The first-order chi connectivity index (χ1) is 22.6. The van der Waals surface area contributed by atoms with E-state index in [-0.39, 0.29) is 23.4 Å². The summed E-state index contributed by atoms with van der Waals surface area (Å²) in [6.07, 6.45) is 8.13. The number of benzene rings is 1. The van der Waals surface area contributed by atoms with Gasteiger partial charge in [-0.3, -0.25) is 24.1 Å². The first kappa shape index (κ1) is 34.5. The molecule has 11 nitrogen and oxygen atoms in total. The Balaban J connectivity index is 1.36. The van der Waals surface area contributed by atoms with Crippen molar-refractivity contribution in [1.82, 2.24) is 24.9 Å². The molecule has 5 rings (SSSR count). The molecular weight excluding hydrogens is 601 g/mol. The van der Waals surface area contributed by atoms with Gasteiger partial charge in [-0.1, -0.05) is 32.8 Å². The zero-order chi connectivity index (χ0) is 33.7. The summed E-state index contributed by atoms with van der Waals surface area (Å²) in [6, 6.07) is 4.56. The lowest BCUT2D eigenvalue weighted by molar-refractivity contribution is -0.138. The third kappa shape index (κ3) is 8.38. The standard InChI is InChI=1S/C35H50FN7O4/c1-5-43-31(14-15-37-43)42(22-44)33(26-10-6-23(2)7-11-26)34(46)38-29-13-12-27(21-28(29)36)24(3)32(39-30(45)20-25-8-9-25)35(47)41-18-16-40(4)17-19-41/h12-15,21-26,32-33H,5-11,16-20H2,1-4H3,(H,38,46)(H,39,45)/t23?,24-,26?,32+,33-/m0/s1. The zero-order valence-electron chi connectivity index (χ0n) is 28.2. The number of anilines is 2. The number of likely N-dealkylation sites (N-methyl/N-ethyl adjacent to an activating group) is 1. The van der Waals surface area contributed by atoms with Crippen molar-refractivity contribution < 1.29 is 23.6 Å². The highest BCUT2D eigenvalue weighted by molar-refractivity contribution is 6.00. The zero-order valence-corrected chi connectivity index (χ0v) is 28.2. The molecule has 2 aliphatic carbocycles. The SMILES string of the molecule is CCn1nccc1N(C=O)[C@H](C(=O)Nc1ccc([C@H](C)[C@@H](NC(=O)CC2CC2)C(=O)N2CCN(C)CC2)cc1F)C1CCC(C)CC1. The minimum atomic E-state index is -0.841. The molecule has 256 valence electrons. The number of hydrogen-bond acceptors (Lipinski definition) is 6. The molecule has 0 spiro atoms. The number of piperazine rings is 1. The molecule has 12 heteroatoms. The number of carbonyl (C=O) groups is 4. The van der Waals surface area contributed by atoms with Crippen LogP contribution in [-0.2, 0) is 25.7 Å². The first-order valence-electron chi connectivity index (χ1n) is 17.2. The summed E-state index contributed by atoms with van der Waals surface area (Å²) in [4.78, 5) is 58.5. The Bertz CT molecular complexity index is 1410. The average molecular weight is 652 g/mol. The summed E-state index contributed by atoms with van der Waals surface area (Å²) < 4.78 is 17.5. The van der Waals surface area contributed by atoms with Crippen molar-refractivity contribution in [2.45, 2.75) is 90.3 Å². The van der Waals surface area contributed by atoms with Gasteiger partial charge in [-0.25, -0.2) is 9.07 Å². The molecule has 1 aromatic carbocycles. The molecule has 1 aromatic heterocycles. The highest BCUT2D eigenvalue weighted by atomic mass is 19.1. The van der Waals surface area contributed by atoms with E-state index >= 15 is 4.39 Å². The van der Waals surface area contributed by atoms with E-state index in [0.29, 0.717) is 55.7 Å². The molecule has 47 heavy (non-hydrogen) atoms. The van der Waals surface area contributed by atoms with Crippen LogP contribution in [0.3, 0.4) is 0 Å². The number of aromatic nitrogens is 2. The van der Waals surface area contributed by atoms with Crippen LogP contribution in [0.1, 0.15) is 77.2 Å². The van der Waals surface area contributed by atoms with E-state index in [1.165, 1.54) is 17.0 Å². The second-order valence-corrected chi connectivity index (χ2v) is 13.8. The predicted octanol–water partition coefficient (Wildman–Crippen LogP) is 4.00. The van der Waals surface area contributed by atoms with Crippen molar-refractivity contribution in [2.24, 2.45) is 17.8 Å². The van der Waals surface area contributed by atoms with Gasteiger partial charge in [0, 0.05) is 51.1 Å².